The van der Waals surface area contributed by atoms with E-state index >= 15 is 0 Å². The van der Waals surface area contributed by atoms with Crippen molar-refractivity contribution in [3.8, 4) is 0 Å². The van der Waals surface area contributed by atoms with E-state index in [4.69, 9.17) is 0 Å². The topological polar surface area (TPSA) is 17.1 Å². The van der Waals surface area contributed by atoms with E-state index in [0.717, 1.165) is 22.3 Å². The van der Waals surface area contributed by atoms with Crippen molar-refractivity contribution in [2.24, 2.45) is 0 Å². The van der Waals surface area contributed by atoms with E-state index in [1.165, 1.54) is 22.3 Å². The number of rotatable bonds is 5. The van der Waals surface area contributed by atoms with Crippen molar-refractivity contribution >= 4 is 13.4 Å². The molecule has 0 saturated carbocycles. The average molecular weight is 373 g/mol. The Labute approximate surface area is 163 Å². The largest absolute Gasteiger partial charge is 0.374 e. The van der Waals surface area contributed by atoms with Crippen LogP contribution in [-0.2, 0) is 10.7 Å². The van der Waals surface area contributed by atoms with Crippen molar-refractivity contribution in [3.05, 3.63) is 111 Å². The minimum Gasteiger partial charge on any atom is -0.0684 e. The molecule has 27 heavy (non-hydrogen) atoms. The van der Waals surface area contributed by atoms with Crippen LogP contribution in [0.25, 0.3) is 5.57 Å². The molecule has 1 nitrogen and oxygen atoms in total. The Morgan fingerprint density at radius 3 is 1.63 bits per heavy atom. The van der Waals surface area contributed by atoms with Crippen LogP contribution in [0.4, 0.5) is 0 Å². The second kappa shape index (κ2) is 8.46. The van der Waals surface area contributed by atoms with Crippen LogP contribution in [-0.4, -0.2) is 0 Å². The Bertz CT molecular complexity index is 906. The lowest BCUT2D eigenvalue weighted by Gasteiger charge is -2.10. The van der Waals surface area contributed by atoms with E-state index in [-0.39, 0.29) is 0 Å². The Kier molecular flexibility index (Phi) is 6.04. The smallest absolute Gasteiger partial charge is 0.0684 e. The molecule has 0 aromatic heterocycles. The van der Waals surface area contributed by atoms with Gasteiger partial charge in [-0.2, -0.15) is 0 Å². The molecule has 0 aliphatic carbocycles. The Hall–Kier alpha value is -2.50. The van der Waals surface area contributed by atoms with Crippen molar-refractivity contribution in [2.45, 2.75) is 33.9 Å². The molecular weight excluding hydrogens is 347 g/mol. The molecule has 3 rings (SSSR count). The summed E-state index contributed by atoms with van der Waals surface area (Å²) >= 11 is 0. The van der Waals surface area contributed by atoms with Crippen LogP contribution in [0, 0.1) is 27.7 Å². The van der Waals surface area contributed by atoms with Gasteiger partial charge in [0.05, 0.1) is 0 Å². The van der Waals surface area contributed by atoms with Crippen LogP contribution in [0.15, 0.2) is 72.5 Å². The zero-order valence-corrected chi connectivity index (χ0v) is 17.4. The zero-order valence-electron chi connectivity index (χ0n) is 16.5. The number of aryl methyl sites for hydroxylation is 4. The first-order valence-corrected chi connectivity index (χ1v) is 10.8. The van der Waals surface area contributed by atoms with Gasteiger partial charge in [-0.05, 0) is 38.8 Å². The summed E-state index contributed by atoms with van der Waals surface area (Å²) in [5.74, 6) is 1.96. The van der Waals surface area contributed by atoms with Crippen LogP contribution < -0.4 is 0 Å². The van der Waals surface area contributed by atoms with Crippen molar-refractivity contribution in [1.82, 2.24) is 0 Å². The van der Waals surface area contributed by atoms with E-state index in [0.29, 0.717) is 6.16 Å². The zero-order chi connectivity index (χ0) is 19.4. The second-order valence-corrected chi connectivity index (χ2v) is 8.76. The molecule has 0 heterocycles. The molecule has 1 unspecified atom stereocenters. The van der Waals surface area contributed by atoms with E-state index < -0.39 is 7.80 Å². The normalized spacial score (nSPS) is 11.2. The molecule has 0 bridgehead atoms. The summed E-state index contributed by atoms with van der Waals surface area (Å²) in [5.41, 5.74) is 9.32. The molecule has 0 amide bonds. The molecular formula is C25H26OP+. The Balaban J connectivity index is 2.07. The van der Waals surface area contributed by atoms with Gasteiger partial charge < -0.3 is 0 Å². The monoisotopic (exact) mass is 373 g/mol. The molecule has 0 aliphatic rings. The van der Waals surface area contributed by atoms with Crippen LogP contribution in [0.3, 0.4) is 0 Å². The van der Waals surface area contributed by atoms with Gasteiger partial charge in [-0.25, -0.2) is 0 Å². The first kappa shape index (κ1) is 19.3. The van der Waals surface area contributed by atoms with Crippen molar-refractivity contribution in [2.75, 3.05) is 0 Å². The molecule has 0 saturated heterocycles. The summed E-state index contributed by atoms with van der Waals surface area (Å²) in [5, 5.41) is 0. The van der Waals surface area contributed by atoms with Gasteiger partial charge in [0.25, 0.3) is 0 Å². The van der Waals surface area contributed by atoms with Crippen LogP contribution in [0.1, 0.15) is 38.9 Å². The summed E-state index contributed by atoms with van der Waals surface area (Å²) in [4.78, 5) is 0. The third-order valence-electron chi connectivity index (χ3n) is 4.52. The number of hydrogen-bond acceptors (Lipinski definition) is 1. The van der Waals surface area contributed by atoms with E-state index in [2.05, 4.69) is 64.1 Å². The van der Waals surface area contributed by atoms with Crippen molar-refractivity contribution < 1.29 is 4.57 Å². The molecule has 0 spiro atoms. The molecule has 2 heteroatoms. The quantitative estimate of drug-likeness (QED) is 0.428. The first-order chi connectivity index (χ1) is 12.9. The maximum absolute atomic E-state index is 13.0. The Morgan fingerprint density at radius 1 is 0.741 bits per heavy atom. The molecule has 136 valence electrons. The summed E-state index contributed by atoms with van der Waals surface area (Å²) in [6.07, 6.45) is 0.565. The fraction of sp³-hybridized carbons (Fsp3) is 0.200. The fourth-order valence-electron chi connectivity index (χ4n) is 3.53. The summed E-state index contributed by atoms with van der Waals surface area (Å²) in [7, 11) is -1.49. The SMILES string of the molecule is Cc1cc(C)cc(C(=C[P+](=O)Cc2ccccc2)c2cc(C)cc(C)c2)c1. The van der Waals surface area contributed by atoms with Crippen molar-refractivity contribution in [3.63, 3.8) is 0 Å². The maximum Gasteiger partial charge on any atom is 0.374 e. The summed E-state index contributed by atoms with van der Waals surface area (Å²) in [6, 6.07) is 23.1. The van der Waals surface area contributed by atoms with Gasteiger partial charge in [0.15, 0.2) is 12.0 Å². The minimum absolute atomic E-state index is 0.565. The van der Waals surface area contributed by atoms with Gasteiger partial charge in [-0.3, -0.25) is 0 Å². The van der Waals surface area contributed by atoms with Crippen LogP contribution in [0.2, 0.25) is 0 Å². The third-order valence-corrected chi connectivity index (χ3v) is 5.74. The lowest BCUT2D eigenvalue weighted by molar-refractivity contribution is 0.592. The van der Waals surface area contributed by atoms with Gasteiger partial charge in [0.2, 0.25) is 0 Å². The highest BCUT2D eigenvalue weighted by Crippen LogP contribution is 2.36. The highest BCUT2D eigenvalue weighted by Gasteiger charge is 2.18. The third kappa shape index (κ3) is 5.25. The lowest BCUT2D eigenvalue weighted by atomic mass is 9.94. The predicted molar refractivity (Wildman–Crippen MR) is 117 cm³/mol. The highest BCUT2D eigenvalue weighted by atomic mass is 31.1. The fourth-order valence-corrected chi connectivity index (χ4v) is 4.78. The highest BCUT2D eigenvalue weighted by molar-refractivity contribution is 7.47. The second-order valence-electron chi connectivity index (χ2n) is 7.36. The maximum atomic E-state index is 13.0. The van der Waals surface area contributed by atoms with Gasteiger partial charge in [0.1, 0.15) is 0 Å². The average Bonchev–Trinajstić information content (AvgIpc) is 2.59. The van der Waals surface area contributed by atoms with E-state index in [9.17, 15) is 4.57 Å². The molecule has 3 aromatic carbocycles. The van der Waals surface area contributed by atoms with Gasteiger partial charge >= 0.3 is 7.80 Å². The minimum atomic E-state index is -1.49. The van der Waals surface area contributed by atoms with Crippen molar-refractivity contribution in [1.29, 1.82) is 0 Å². The lowest BCUT2D eigenvalue weighted by Crippen LogP contribution is -1.92. The summed E-state index contributed by atoms with van der Waals surface area (Å²) < 4.78 is 13.0. The molecule has 0 fully saturated rings. The Morgan fingerprint density at radius 2 is 1.19 bits per heavy atom. The standard InChI is InChI=1S/C25H26OP/c1-18-10-19(2)13-23(12-18)25(24-14-20(3)11-21(4)15-24)17-27(26)16-22-8-6-5-7-9-22/h5-15,17H,16H2,1-4H3/q+1. The molecule has 1 atom stereocenters. The molecule has 0 aliphatic heterocycles. The number of hydrogen-bond donors (Lipinski definition) is 0. The summed E-state index contributed by atoms with van der Waals surface area (Å²) in [6.45, 7) is 8.44. The van der Waals surface area contributed by atoms with Gasteiger partial charge in [0, 0.05) is 11.1 Å². The van der Waals surface area contributed by atoms with Gasteiger partial charge in [-0.15, -0.1) is 0 Å². The van der Waals surface area contributed by atoms with Crippen LogP contribution in [0.5, 0.6) is 0 Å². The number of benzene rings is 3. The molecule has 3 aromatic rings. The first-order valence-electron chi connectivity index (χ1n) is 9.27. The molecule has 0 N–H and O–H groups in total. The predicted octanol–water partition coefficient (Wildman–Crippen LogP) is 7.34. The van der Waals surface area contributed by atoms with Crippen LogP contribution >= 0.6 is 7.80 Å². The molecule has 0 radical (unpaired) electrons. The van der Waals surface area contributed by atoms with E-state index in [1.54, 1.807) is 0 Å². The van der Waals surface area contributed by atoms with Gasteiger partial charge in [-0.1, -0.05) is 93.5 Å². The van der Waals surface area contributed by atoms with E-state index in [1.807, 2.05) is 36.1 Å².